The van der Waals surface area contributed by atoms with E-state index in [1.807, 2.05) is 14.1 Å². The second-order valence-corrected chi connectivity index (χ2v) is 8.22. The lowest BCUT2D eigenvalue weighted by atomic mass is 9.96. The lowest BCUT2D eigenvalue weighted by Gasteiger charge is -2.25. The molecule has 0 heterocycles. The summed E-state index contributed by atoms with van der Waals surface area (Å²) in [4.78, 5) is 26.2. The molecular formula is C23H38N4O2. The molecule has 1 unspecified atom stereocenters. The maximum Gasteiger partial charge on any atom is 0.315 e. The average molecular weight is 403 g/mol. The van der Waals surface area contributed by atoms with Crippen molar-refractivity contribution in [1.82, 2.24) is 20.9 Å². The molecule has 0 aromatic heterocycles. The summed E-state index contributed by atoms with van der Waals surface area (Å²) >= 11 is 0. The Hall–Kier alpha value is -2.08. The number of rotatable bonds is 10. The topological polar surface area (TPSA) is 73.5 Å². The Bertz CT molecular complexity index is 624. The van der Waals surface area contributed by atoms with Crippen LogP contribution in [0.4, 0.5) is 4.79 Å². The zero-order valence-electron chi connectivity index (χ0n) is 18.3. The number of nitrogens with zero attached hydrogens (tertiary/aromatic N) is 1. The highest BCUT2D eigenvalue weighted by Gasteiger charge is 2.16. The van der Waals surface area contributed by atoms with Gasteiger partial charge in [0.1, 0.15) is 0 Å². The molecule has 0 aliphatic heterocycles. The van der Waals surface area contributed by atoms with Gasteiger partial charge in [-0.2, -0.15) is 0 Å². The van der Waals surface area contributed by atoms with Crippen molar-refractivity contribution in [2.75, 3.05) is 27.2 Å². The molecule has 1 saturated carbocycles. The predicted octanol–water partition coefficient (Wildman–Crippen LogP) is 3.38. The molecule has 29 heavy (non-hydrogen) atoms. The summed E-state index contributed by atoms with van der Waals surface area (Å²) < 4.78 is 0. The summed E-state index contributed by atoms with van der Waals surface area (Å²) in [6, 6.07) is 8.93. The van der Waals surface area contributed by atoms with Crippen molar-refractivity contribution < 1.29 is 9.59 Å². The number of aryl methyl sites for hydroxylation is 1. The lowest BCUT2D eigenvalue weighted by Crippen LogP contribution is -2.43. The predicted molar refractivity (Wildman–Crippen MR) is 118 cm³/mol. The van der Waals surface area contributed by atoms with Gasteiger partial charge in [-0.05, 0) is 50.9 Å². The number of carbonyl (C=O) groups excluding carboxylic acids is 2. The van der Waals surface area contributed by atoms with Crippen LogP contribution in [0, 0.1) is 0 Å². The number of hydrogen-bond acceptors (Lipinski definition) is 3. The number of likely N-dealkylation sites (N-methyl/N-ethyl adjacent to an activating group) is 1. The van der Waals surface area contributed by atoms with E-state index in [1.54, 1.807) is 0 Å². The highest BCUT2D eigenvalue weighted by Crippen LogP contribution is 2.19. The Morgan fingerprint density at radius 1 is 1.07 bits per heavy atom. The quantitative estimate of drug-likeness (QED) is 0.525. The molecule has 6 heteroatoms. The molecule has 0 radical (unpaired) electrons. The van der Waals surface area contributed by atoms with E-state index in [4.69, 9.17) is 0 Å². The van der Waals surface area contributed by atoms with E-state index in [-0.39, 0.29) is 18.0 Å². The van der Waals surface area contributed by atoms with Crippen molar-refractivity contribution in [3.8, 4) is 0 Å². The van der Waals surface area contributed by atoms with Crippen LogP contribution in [0.1, 0.15) is 69.0 Å². The minimum Gasteiger partial charge on any atom is -0.354 e. The average Bonchev–Trinajstić information content (AvgIpc) is 2.72. The molecule has 0 bridgehead atoms. The van der Waals surface area contributed by atoms with Crippen LogP contribution >= 0.6 is 0 Å². The van der Waals surface area contributed by atoms with Crippen molar-refractivity contribution >= 4 is 11.9 Å². The van der Waals surface area contributed by atoms with Crippen molar-refractivity contribution in [2.45, 2.75) is 70.4 Å². The highest BCUT2D eigenvalue weighted by atomic mass is 16.2. The highest BCUT2D eigenvalue weighted by molar-refractivity contribution is 5.76. The molecule has 1 aliphatic rings. The lowest BCUT2D eigenvalue weighted by molar-refractivity contribution is -0.121. The van der Waals surface area contributed by atoms with E-state index in [0.717, 1.165) is 19.3 Å². The SMILES string of the molecule is CCc1ccc(C(CNC(=O)CCCNC(=O)NC2CCCCC2)N(C)C)cc1. The summed E-state index contributed by atoms with van der Waals surface area (Å²) in [6.45, 7) is 3.24. The van der Waals surface area contributed by atoms with Gasteiger partial charge in [-0.3, -0.25) is 4.79 Å². The Kier molecular flexibility index (Phi) is 9.98. The molecule has 0 saturated heterocycles. The normalized spacial score (nSPS) is 15.7. The number of benzene rings is 1. The molecule has 3 N–H and O–H groups in total. The molecule has 162 valence electrons. The van der Waals surface area contributed by atoms with Gasteiger partial charge in [-0.15, -0.1) is 0 Å². The molecule has 3 amide bonds. The van der Waals surface area contributed by atoms with Crippen molar-refractivity contribution in [2.24, 2.45) is 0 Å². The minimum atomic E-state index is -0.111. The summed E-state index contributed by atoms with van der Waals surface area (Å²) in [5.74, 6) is 0.0246. The van der Waals surface area contributed by atoms with Gasteiger partial charge in [0.05, 0.1) is 6.04 Å². The smallest absolute Gasteiger partial charge is 0.315 e. The number of amides is 3. The maximum absolute atomic E-state index is 12.2. The molecule has 1 aromatic rings. The summed E-state index contributed by atoms with van der Waals surface area (Å²) in [5, 5.41) is 8.93. The van der Waals surface area contributed by atoms with Crippen LogP contribution < -0.4 is 16.0 Å². The van der Waals surface area contributed by atoms with E-state index in [9.17, 15) is 9.59 Å². The number of nitrogens with one attached hydrogen (secondary N) is 3. The largest absolute Gasteiger partial charge is 0.354 e. The molecule has 1 aliphatic carbocycles. The van der Waals surface area contributed by atoms with Gasteiger partial charge in [0.25, 0.3) is 0 Å². The van der Waals surface area contributed by atoms with Gasteiger partial charge < -0.3 is 20.9 Å². The van der Waals surface area contributed by atoms with Crippen LogP contribution in [-0.4, -0.2) is 50.1 Å². The third-order valence-corrected chi connectivity index (χ3v) is 5.70. The first-order valence-electron chi connectivity index (χ1n) is 11.1. The molecule has 6 nitrogen and oxygen atoms in total. The van der Waals surface area contributed by atoms with Gasteiger partial charge in [-0.1, -0.05) is 50.5 Å². The van der Waals surface area contributed by atoms with Crippen LogP contribution in [-0.2, 0) is 11.2 Å². The maximum atomic E-state index is 12.2. The van der Waals surface area contributed by atoms with Crippen molar-refractivity contribution in [1.29, 1.82) is 0 Å². The Labute approximate surface area is 175 Å². The monoisotopic (exact) mass is 402 g/mol. The molecule has 0 spiro atoms. The molecule has 1 fully saturated rings. The Morgan fingerprint density at radius 2 is 1.76 bits per heavy atom. The van der Waals surface area contributed by atoms with Gasteiger partial charge in [0.2, 0.25) is 5.91 Å². The molecular weight excluding hydrogens is 364 g/mol. The van der Waals surface area contributed by atoms with Crippen molar-refractivity contribution in [3.63, 3.8) is 0 Å². The number of urea groups is 1. The first-order chi connectivity index (χ1) is 14.0. The van der Waals surface area contributed by atoms with Gasteiger partial charge >= 0.3 is 6.03 Å². The second kappa shape index (κ2) is 12.5. The number of carbonyl (C=O) groups is 2. The van der Waals surface area contributed by atoms with E-state index >= 15 is 0 Å². The Morgan fingerprint density at radius 3 is 2.38 bits per heavy atom. The third-order valence-electron chi connectivity index (χ3n) is 5.70. The van der Waals surface area contributed by atoms with Crippen molar-refractivity contribution in [3.05, 3.63) is 35.4 Å². The minimum absolute atomic E-state index is 0.0246. The van der Waals surface area contributed by atoms with Crippen LogP contribution in [0.2, 0.25) is 0 Å². The summed E-state index contributed by atoms with van der Waals surface area (Å²) in [6.07, 6.45) is 7.89. The van der Waals surface area contributed by atoms with Crippen LogP contribution in [0.5, 0.6) is 0 Å². The fourth-order valence-corrected chi connectivity index (χ4v) is 3.81. The standard InChI is InChI=1S/C23H38N4O2/c1-4-18-12-14-19(15-13-18)21(27(2)3)17-25-22(28)11-8-16-24-23(29)26-20-9-6-5-7-10-20/h12-15,20-21H,4-11,16-17H2,1-3H3,(H,25,28)(H2,24,26,29). The van der Waals surface area contributed by atoms with Crippen LogP contribution in [0.3, 0.4) is 0 Å². The van der Waals surface area contributed by atoms with Gasteiger partial charge in [0, 0.05) is 25.6 Å². The molecule has 2 rings (SSSR count). The molecule has 1 atom stereocenters. The fraction of sp³-hybridized carbons (Fsp3) is 0.652. The molecule has 1 aromatic carbocycles. The Balaban J connectivity index is 1.64. The summed E-state index contributed by atoms with van der Waals surface area (Å²) in [5.41, 5.74) is 2.52. The number of hydrogen-bond donors (Lipinski definition) is 3. The third kappa shape index (κ3) is 8.44. The van der Waals surface area contributed by atoms with Gasteiger partial charge in [-0.25, -0.2) is 4.79 Å². The zero-order chi connectivity index (χ0) is 21.1. The van der Waals surface area contributed by atoms with E-state index in [0.29, 0.717) is 32.0 Å². The summed E-state index contributed by atoms with van der Waals surface area (Å²) in [7, 11) is 4.05. The van der Waals surface area contributed by atoms with E-state index in [2.05, 4.69) is 52.0 Å². The van der Waals surface area contributed by atoms with Crippen LogP contribution in [0.25, 0.3) is 0 Å². The van der Waals surface area contributed by atoms with Crippen LogP contribution in [0.15, 0.2) is 24.3 Å². The first-order valence-corrected chi connectivity index (χ1v) is 11.1. The van der Waals surface area contributed by atoms with Gasteiger partial charge in [0.15, 0.2) is 0 Å². The zero-order valence-corrected chi connectivity index (χ0v) is 18.3. The van der Waals surface area contributed by atoms with E-state index < -0.39 is 0 Å². The fourth-order valence-electron chi connectivity index (χ4n) is 3.81. The first kappa shape index (κ1) is 23.2. The van der Waals surface area contributed by atoms with E-state index in [1.165, 1.54) is 30.4 Å². The second-order valence-electron chi connectivity index (χ2n) is 8.22.